The maximum atomic E-state index is 5.43. The summed E-state index contributed by atoms with van der Waals surface area (Å²) in [7, 11) is 0. The van der Waals surface area contributed by atoms with Crippen LogP contribution in [0.4, 0.5) is 0 Å². The van der Waals surface area contributed by atoms with E-state index in [-0.39, 0.29) is 6.79 Å². The second-order valence-electron chi connectivity index (χ2n) is 4.96. The summed E-state index contributed by atoms with van der Waals surface area (Å²) in [6, 6.07) is 0. The molecule has 0 aromatic heterocycles. The minimum absolute atomic E-state index is 0.278. The highest BCUT2D eigenvalue weighted by Crippen LogP contribution is 1.89. The first-order chi connectivity index (χ1) is 12.0. The molecule has 1 heterocycles. The molecule has 0 unspecified atom stereocenters. The van der Waals surface area contributed by atoms with Crippen molar-refractivity contribution >= 4 is 0 Å². The summed E-state index contributed by atoms with van der Waals surface area (Å²) in [5.74, 6) is 0. The Morgan fingerprint density at radius 2 is 0.500 bits per heavy atom. The summed E-state index contributed by atoms with van der Waals surface area (Å²) in [6.45, 7) is 8.18. The Kier molecular flexibility index (Phi) is 17.2. The van der Waals surface area contributed by atoms with Crippen molar-refractivity contribution in [3.63, 3.8) is 0 Å². The quantitative estimate of drug-likeness (QED) is 0.623. The van der Waals surface area contributed by atoms with Gasteiger partial charge in [-0.05, 0) is 6.42 Å². The van der Waals surface area contributed by atoms with Gasteiger partial charge in [0.1, 0.15) is 6.79 Å². The van der Waals surface area contributed by atoms with Crippen molar-refractivity contribution in [2.45, 2.75) is 6.42 Å². The molecule has 0 amide bonds. The second-order valence-corrected chi connectivity index (χ2v) is 4.96. The van der Waals surface area contributed by atoms with E-state index in [1.54, 1.807) is 0 Å². The van der Waals surface area contributed by atoms with Crippen LogP contribution in [-0.4, -0.2) is 99.3 Å². The van der Waals surface area contributed by atoms with E-state index >= 15 is 0 Å². The first kappa shape index (κ1) is 21.7. The smallest absolute Gasteiger partial charge is 0.146 e. The second kappa shape index (κ2) is 19.0. The zero-order valence-electron chi connectivity index (χ0n) is 14.6. The average Bonchev–Trinajstić information content (AvgIpc) is 2.59. The van der Waals surface area contributed by atoms with Gasteiger partial charge in [0.25, 0.3) is 0 Å². The first-order valence-electron chi connectivity index (χ1n) is 8.62. The van der Waals surface area contributed by atoms with Gasteiger partial charge in [-0.15, -0.1) is 0 Å². The third-order valence-corrected chi connectivity index (χ3v) is 2.98. The number of rotatable bonds is 0. The molecule has 0 saturated carbocycles. The van der Waals surface area contributed by atoms with Gasteiger partial charge in [0.2, 0.25) is 0 Å². The molecule has 8 heteroatoms. The van der Waals surface area contributed by atoms with Crippen molar-refractivity contribution in [2.75, 3.05) is 99.3 Å². The van der Waals surface area contributed by atoms with Crippen LogP contribution in [0.15, 0.2) is 0 Å². The molecule has 1 fully saturated rings. The summed E-state index contributed by atoms with van der Waals surface area (Å²) >= 11 is 0. The lowest BCUT2D eigenvalue weighted by Gasteiger charge is -2.09. The van der Waals surface area contributed by atoms with Crippen molar-refractivity contribution in [3.05, 3.63) is 0 Å². The van der Waals surface area contributed by atoms with Crippen molar-refractivity contribution < 1.29 is 37.9 Å². The van der Waals surface area contributed by atoms with E-state index in [2.05, 4.69) is 0 Å². The molecular formula is C16H32O8. The SMILES string of the molecule is C1COCCOCCOCCOCCOCCOCCOCOC1. The van der Waals surface area contributed by atoms with E-state index in [0.717, 1.165) is 6.42 Å². The standard InChI is InChI=1S/C16H32O8/c1-2-17-4-5-18-6-7-19-8-9-20-10-11-21-12-13-22-14-15-24-16-23-3-1/h1-16H2. The van der Waals surface area contributed by atoms with Crippen molar-refractivity contribution in [2.24, 2.45) is 0 Å². The molecule has 24 heavy (non-hydrogen) atoms. The van der Waals surface area contributed by atoms with Crippen LogP contribution >= 0.6 is 0 Å². The van der Waals surface area contributed by atoms with E-state index in [4.69, 9.17) is 37.9 Å². The van der Waals surface area contributed by atoms with Crippen molar-refractivity contribution in [1.82, 2.24) is 0 Å². The van der Waals surface area contributed by atoms with Gasteiger partial charge in [-0.1, -0.05) is 0 Å². The highest BCUT2D eigenvalue weighted by Gasteiger charge is 1.96. The van der Waals surface area contributed by atoms with Crippen LogP contribution in [0.2, 0.25) is 0 Å². The monoisotopic (exact) mass is 352 g/mol. The van der Waals surface area contributed by atoms with Crippen LogP contribution in [0.25, 0.3) is 0 Å². The largest absolute Gasteiger partial charge is 0.379 e. The van der Waals surface area contributed by atoms with Gasteiger partial charge in [-0.2, -0.15) is 0 Å². The van der Waals surface area contributed by atoms with E-state index < -0.39 is 0 Å². The molecule has 0 aromatic rings. The summed E-state index contributed by atoms with van der Waals surface area (Å²) in [5.41, 5.74) is 0. The minimum Gasteiger partial charge on any atom is -0.379 e. The topological polar surface area (TPSA) is 73.8 Å². The normalized spacial score (nSPS) is 24.0. The fraction of sp³-hybridized carbons (Fsp3) is 1.00. The van der Waals surface area contributed by atoms with Crippen molar-refractivity contribution in [3.8, 4) is 0 Å². The third kappa shape index (κ3) is 16.5. The molecular weight excluding hydrogens is 320 g/mol. The molecule has 0 radical (unpaired) electrons. The van der Waals surface area contributed by atoms with Gasteiger partial charge in [-0.3, -0.25) is 0 Å². The minimum atomic E-state index is 0.278. The summed E-state index contributed by atoms with van der Waals surface area (Å²) in [5, 5.41) is 0. The van der Waals surface area contributed by atoms with Crippen LogP contribution < -0.4 is 0 Å². The fourth-order valence-electron chi connectivity index (χ4n) is 1.76. The Morgan fingerprint density at radius 3 is 0.917 bits per heavy atom. The molecule has 1 saturated heterocycles. The zero-order chi connectivity index (χ0) is 17.0. The molecule has 1 aliphatic heterocycles. The summed E-state index contributed by atoms with van der Waals surface area (Å²) in [6.07, 6.45) is 0.834. The van der Waals surface area contributed by atoms with Gasteiger partial charge in [-0.25, -0.2) is 0 Å². The predicted molar refractivity (Wildman–Crippen MR) is 86.3 cm³/mol. The lowest BCUT2D eigenvalue weighted by atomic mass is 10.5. The molecule has 0 spiro atoms. The van der Waals surface area contributed by atoms with Crippen LogP contribution in [0.3, 0.4) is 0 Å². The van der Waals surface area contributed by atoms with Crippen LogP contribution in [0.1, 0.15) is 6.42 Å². The molecule has 1 aliphatic rings. The number of hydrogen-bond donors (Lipinski definition) is 0. The third-order valence-electron chi connectivity index (χ3n) is 2.98. The summed E-state index contributed by atoms with van der Waals surface area (Å²) < 4.78 is 43.0. The summed E-state index contributed by atoms with van der Waals surface area (Å²) in [4.78, 5) is 0. The maximum absolute atomic E-state index is 5.43. The van der Waals surface area contributed by atoms with Crippen LogP contribution in [0.5, 0.6) is 0 Å². The Balaban J connectivity index is 2.00. The molecule has 0 aromatic carbocycles. The number of hydrogen-bond acceptors (Lipinski definition) is 8. The molecule has 0 bridgehead atoms. The molecule has 1 rings (SSSR count). The average molecular weight is 352 g/mol. The van der Waals surface area contributed by atoms with Gasteiger partial charge in [0.05, 0.1) is 85.9 Å². The fourth-order valence-corrected chi connectivity index (χ4v) is 1.76. The van der Waals surface area contributed by atoms with Crippen LogP contribution in [-0.2, 0) is 37.9 Å². The predicted octanol–water partition coefficient (Wildman–Crippen LogP) is 0.480. The number of ether oxygens (including phenoxy) is 8. The Morgan fingerprint density at radius 1 is 0.250 bits per heavy atom. The highest BCUT2D eigenvalue weighted by molar-refractivity contribution is 4.38. The van der Waals surface area contributed by atoms with Gasteiger partial charge in [0.15, 0.2) is 0 Å². The first-order valence-corrected chi connectivity index (χ1v) is 8.62. The van der Waals surface area contributed by atoms with E-state index in [1.165, 1.54) is 0 Å². The lowest BCUT2D eigenvalue weighted by Crippen LogP contribution is -2.15. The van der Waals surface area contributed by atoms with E-state index in [0.29, 0.717) is 92.5 Å². The van der Waals surface area contributed by atoms with Gasteiger partial charge >= 0.3 is 0 Å². The molecule has 0 N–H and O–H groups in total. The van der Waals surface area contributed by atoms with Gasteiger partial charge in [0, 0.05) is 6.61 Å². The zero-order valence-corrected chi connectivity index (χ0v) is 14.6. The van der Waals surface area contributed by atoms with Gasteiger partial charge < -0.3 is 37.9 Å². The Hall–Kier alpha value is -0.320. The van der Waals surface area contributed by atoms with E-state index in [1.807, 2.05) is 0 Å². The maximum Gasteiger partial charge on any atom is 0.146 e. The Bertz CT molecular complexity index is 132. The highest BCUT2D eigenvalue weighted by atomic mass is 16.7. The van der Waals surface area contributed by atoms with E-state index in [9.17, 15) is 0 Å². The molecule has 0 aliphatic carbocycles. The Labute approximate surface area is 144 Å². The molecule has 144 valence electrons. The lowest BCUT2D eigenvalue weighted by molar-refractivity contribution is -0.0774. The van der Waals surface area contributed by atoms with Crippen LogP contribution in [0, 0.1) is 0 Å². The molecule has 0 atom stereocenters. The van der Waals surface area contributed by atoms with Crippen molar-refractivity contribution in [1.29, 1.82) is 0 Å². The molecule has 8 nitrogen and oxygen atoms in total.